The smallest absolute Gasteiger partial charge is 0.129 e. The molecule has 0 saturated heterocycles. The molecule has 2 saturated carbocycles. The maximum atomic E-state index is 4.01. The van der Waals surface area contributed by atoms with E-state index in [-0.39, 0.29) is 10.8 Å². The molecule has 2 heteroatoms. The topological polar surface area (TPSA) is 0 Å². The highest BCUT2D eigenvalue weighted by atomic mass is 28.3. The Hall–Kier alpha value is -0.446. The highest BCUT2D eigenvalue weighted by molar-refractivity contribution is 6.84. The van der Waals surface area contributed by atoms with Gasteiger partial charge in [0.05, 0.1) is 0 Å². The molecule has 0 aromatic heterocycles. The van der Waals surface area contributed by atoms with Crippen LogP contribution in [-0.2, 0) is 0 Å². The van der Waals surface area contributed by atoms with E-state index in [1.54, 1.807) is 0 Å². The van der Waals surface area contributed by atoms with E-state index in [1.165, 1.54) is 77.0 Å². The molecular formula is C24H42Si2. The minimum absolute atomic E-state index is 0.167. The Bertz CT molecular complexity index is 510. The summed E-state index contributed by atoms with van der Waals surface area (Å²) in [5, 5.41) is 0. The average Bonchev–Trinajstić information content (AvgIpc) is 2.92. The summed E-state index contributed by atoms with van der Waals surface area (Å²) in [6.07, 6.45) is 16.2. The van der Waals surface area contributed by atoms with E-state index < -0.39 is 16.1 Å². The van der Waals surface area contributed by atoms with Gasteiger partial charge < -0.3 is 0 Å². The fourth-order valence-electron chi connectivity index (χ4n) is 4.72. The van der Waals surface area contributed by atoms with Gasteiger partial charge in [-0.05, 0) is 25.7 Å². The first-order valence-electron chi connectivity index (χ1n) is 11.2. The van der Waals surface area contributed by atoms with Gasteiger partial charge in [-0.1, -0.05) is 90.6 Å². The number of hydrogen-bond donors (Lipinski definition) is 0. The van der Waals surface area contributed by atoms with Crippen molar-refractivity contribution in [1.82, 2.24) is 0 Å². The quantitative estimate of drug-likeness (QED) is 0.250. The molecule has 0 spiro atoms. The highest BCUT2D eigenvalue weighted by Crippen LogP contribution is 2.55. The lowest BCUT2D eigenvalue weighted by atomic mass is 9.57. The van der Waals surface area contributed by atoms with E-state index in [2.05, 4.69) is 62.2 Å². The van der Waals surface area contributed by atoms with Gasteiger partial charge in [-0.25, -0.2) is 0 Å². The van der Waals surface area contributed by atoms with Crippen LogP contribution < -0.4 is 0 Å². The van der Waals surface area contributed by atoms with E-state index in [1.807, 2.05) is 0 Å². The molecule has 0 N–H and O–H groups in total. The minimum atomic E-state index is -1.37. The van der Waals surface area contributed by atoms with Crippen molar-refractivity contribution in [1.29, 1.82) is 0 Å². The summed E-state index contributed by atoms with van der Waals surface area (Å²) in [7, 11) is -2.75. The van der Waals surface area contributed by atoms with Crippen molar-refractivity contribution in [3.05, 3.63) is 0 Å². The van der Waals surface area contributed by atoms with Crippen LogP contribution >= 0.6 is 0 Å². The third kappa shape index (κ3) is 6.04. The molecular weight excluding hydrogens is 344 g/mol. The predicted molar refractivity (Wildman–Crippen MR) is 123 cm³/mol. The van der Waals surface area contributed by atoms with Crippen molar-refractivity contribution in [3.8, 4) is 22.9 Å². The molecule has 2 fully saturated rings. The standard InChI is InChI=1S/C24H42Si2/c1-25(2,3)21-19-23(15-11-7-8-12-16-23)24(20-22-26(4,5)6)17-13-9-10-14-18-24/h7-18H2,1-6H3. The Morgan fingerprint density at radius 1 is 0.462 bits per heavy atom. The monoisotopic (exact) mass is 386 g/mol. The summed E-state index contributed by atoms with van der Waals surface area (Å²) in [5.41, 5.74) is 8.00. The Morgan fingerprint density at radius 3 is 0.962 bits per heavy atom. The molecule has 0 aliphatic heterocycles. The molecule has 0 unspecified atom stereocenters. The number of rotatable bonds is 1. The van der Waals surface area contributed by atoms with Gasteiger partial charge in [0, 0.05) is 10.8 Å². The summed E-state index contributed by atoms with van der Waals surface area (Å²) in [6.45, 7) is 14.4. The van der Waals surface area contributed by atoms with Gasteiger partial charge >= 0.3 is 0 Å². The highest BCUT2D eigenvalue weighted by Gasteiger charge is 2.49. The van der Waals surface area contributed by atoms with Crippen LogP contribution in [0.4, 0.5) is 0 Å². The van der Waals surface area contributed by atoms with Gasteiger partial charge in [0.25, 0.3) is 0 Å². The van der Waals surface area contributed by atoms with E-state index in [0.717, 1.165) is 0 Å². The van der Waals surface area contributed by atoms with Gasteiger partial charge in [0.1, 0.15) is 16.1 Å². The molecule has 0 nitrogen and oxygen atoms in total. The molecule has 0 heterocycles. The zero-order valence-corrected chi connectivity index (χ0v) is 20.5. The molecule has 0 aromatic carbocycles. The second kappa shape index (κ2) is 8.71. The normalized spacial score (nSPS) is 23.5. The largest absolute Gasteiger partial charge is 0.131 e. The van der Waals surface area contributed by atoms with Gasteiger partial charge in [-0.3, -0.25) is 0 Å². The first-order chi connectivity index (χ1) is 12.1. The molecule has 2 aliphatic rings. The lowest BCUT2D eigenvalue weighted by molar-refractivity contribution is 0.116. The Balaban J connectivity index is 2.58. The molecule has 26 heavy (non-hydrogen) atoms. The Labute approximate surface area is 166 Å². The van der Waals surface area contributed by atoms with Crippen molar-refractivity contribution < 1.29 is 0 Å². The molecule has 2 rings (SSSR count). The van der Waals surface area contributed by atoms with Crippen molar-refractivity contribution in [2.75, 3.05) is 0 Å². The van der Waals surface area contributed by atoms with Crippen LogP contribution in [0.5, 0.6) is 0 Å². The first-order valence-corrected chi connectivity index (χ1v) is 18.2. The fraction of sp³-hybridized carbons (Fsp3) is 0.833. The van der Waals surface area contributed by atoms with E-state index in [4.69, 9.17) is 0 Å². The van der Waals surface area contributed by atoms with Gasteiger partial charge in [-0.15, -0.1) is 22.9 Å². The van der Waals surface area contributed by atoms with Gasteiger partial charge in [0.15, 0.2) is 0 Å². The van der Waals surface area contributed by atoms with Crippen molar-refractivity contribution in [2.24, 2.45) is 10.8 Å². The van der Waals surface area contributed by atoms with Crippen LogP contribution in [0, 0.1) is 33.8 Å². The maximum Gasteiger partial charge on any atom is 0.129 e. The molecule has 0 radical (unpaired) electrons. The third-order valence-electron chi connectivity index (χ3n) is 6.18. The second-order valence-electron chi connectivity index (χ2n) is 11.0. The maximum absolute atomic E-state index is 4.01. The predicted octanol–water partition coefficient (Wildman–Crippen LogP) is 7.43. The third-order valence-corrected chi connectivity index (χ3v) is 7.93. The van der Waals surface area contributed by atoms with Crippen molar-refractivity contribution in [2.45, 2.75) is 116 Å². The summed E-state index contributed by atoms with van der Waals surface area (Å²) < 4.78 is 0. The van der Waals surface area contributed by atoms with Crippen molar-refractivity contribution >= 4 is 16.1 Å². The van der Waals surface area contributed by atoms with E-state index in [0.29, 0.717) is 0 Å². The molecule has 2 aliphatic carbocycles. The molecule has 0 amide bonds. The SMILES string of the molecule is C[Si](C)(C)C#CC1(C2(C#C[Si](C)(C)C)CCCCCC2)CCCCCC1. The first kappa shape index (κ1) is 21.8. The van der Waals surface area contributed by atoms with Crippen LogP contribution in [0.2, 0.25) is 39.3 Å². The van der Waals surface area contributed by atoms with Crippen LogP contribution in [0.1, 0.15) is 77.0 Å². The van der Waals surface area contributed by atoms with Crippen molar-refractivity contribution in [3.63, 3.8) is 0 Å². The van der Waals surface area contributed by atoms with Gasteiger partial charge in [-0.2, -0.15) is 0 Å². The van der Waals surface area contributed by atoms with E-state index >= 15 is 0 Å². The average molecular weight is 387 g/mol. The molecule has 0 atom stereocenters. The number of hydrogen-bond acceptors (Lipinski definition) is 0. The fourth-order valence-corrected chi connectivity index (χ4v) is 5.95. The Kier molecular flexibility index (Phi) is 7.32. The Morgan fingerprint density at radius 2 is 0.731 bits per heavy atom. The lowest BCUT2D eigenvalue weighted by Crippen LogP contribution is -2.41. The van der Waals surface area contributed by atoms with Crippen LogP contribution in [0.3, 0.4) is 0 Å². The van der Waals surface area contributed by atoms with E-state index in [9.17, 15) is 0 Å². The van der Waals surface area contributed by atoms with Crippen LogP contribution in [0.15, 0.2) is 0 Å². The zero-order chi connectivity index (χ0) is 19.3. The zero-order valence-electron chi connectivity index (χ0n) is 18.5. The lowest BCUT2D eigenvalue weighted by Gasteiger charge is -2.45. The second-order valence-corrected chi connectivity index (χ2v) is 20.5. The molecule has 146 valence electrons. The summed E-state index contributed by atoms with van der Waals surface area (Å²) >= 11 is 0. The van der Waals surface area contributed by atoms with Crippen LogP contribution in [-0.4, -0.2) is 16.1 Å². The summed E-state index contributed by atoms with van der Waals surface area (Å²) in [6, 6.07) is 0. The van der Waals surface area contributed by atoms with Gasteiger partial charge in [0.2, 0.25) is 0 Å². The summed E-state index contributed by atoms with van der Waals surface area (Å²) in [5.74, 6) is 8.03. The van der Waals surface area contributed by atoms with Crippen LogP contribution in [0.25, 0.3) is 0 Å². The molecule has 0 bridgehead atoms. The molecule has 0 aromatic rings. The summed E-state index contributed by atoms with van der Waals surface area (Å²) in [4.78, 5) is 0. The minimum Gasteiger partial charge on any atom is -0.131 e.